The molecular weight excluding hydrogens is 365 g/mol. The third-order valence-electron chi connectivity index (χ3n) is 2.90. The van der Waals surface area contributed by atoms with Gasteiger partial charge in [-0.05, 0) is 42.0 Å². The Kier molecular flexibility index (Phi) is 5.50. The maximum absolute atomic E-state index is 13.0. The monoisotopic (exact) mass is 375 g/mol. The van der Waals surface area contributed by atoms with Gasteiger partial charge < -0.3 is 9.84 Å². The molecule has 2 aromatic carbocycles. The van der Waals surface area contributed by atoms with Gasteiger partial charge in [0.15, 0.2) is 6.61 Å². The molecule has 6 heteroatoms. The van der Waals surface area contributed by atoms with E-state index in [0.29, 0.717) is 22.4 Å². The summed E-state index contributed by atoms with van der Waals surface area (Å²) in [6, 6.07) is 12.6. The minimum atomic E-state index is -1.10. The number of carboxylic acid groups (broad SMARTS) is 1. The van der Waals surface area contributed by atoms with Crippen molar-refractivity contribution in [3.05, 3.63) is 63.9 Å². The van der Waals surface area contributed by atoms with Gasteiger partial charge in [-0.2, -0.15) is 5.26 Å². The molecule has 0 radical (unpaired) electrons. The van der Waals surface area contributed by atoms with Crippen LogP contribution in [0.15, 0.2) is 46.9 Å². The fourth-order valence-electron chi connectivity index (χ4n) is 1.87. The zero-order valence-corrected chi connectivity index (χ0v) is 13.4. The van der Waals surface area contributed by atoms with Crippen molar-refractivity contribution in [2.75, 3.05) is 6.61 Å². The van der Waals surface area contributed by atoms with Crippen molar-refractivity contribution in [2.24, 2.45) is 0 Å². The number of halogens is 2. The van der Waals surface area contributed by atoms with E-state index in [2.05, 4.69) is 15.9 Å². The predicted octanol–water partition coefficient (Wildman–Crippen LogP) is 4.12. The fourth-order valence-corrected chi connectivity index (χ4v) is 2.25. The average Bonchev–Trinajstić information content (AvgIpc) is 2.52. The van der Waals surface area contributed by atoms with Gasteiger partial charge in [-0.1, -0.05) is 28.1 Å². The van der Waals surface area contributed by atoms with E-state index in [4.69, 9.17) is 9.84 Å². The van der Waals surface area contributed by atoms with Gasteiger partial charge in [0, 0.05) is 10.0 Å². The summed E-state index contributed by atoms with van der Waals surface area (Å²) in [5.74, 6) is -1.15. The lowest BCUT2D eigenvalue weighted by molar-refractivity contribution is -0.139. The lowest BCUT2D eigenvalue weighted by atomic mass is 10.0. The van der Waals surface area contributed by atoms with Crippen molar-refractivity contribution in [2.45, 2.75) is 0 Å². The number of allylic oxidation sites excluding steroid dienone is 1. The molecule has 0 saturated carbocycles. The van der Waals surface area contributed by atoms with Crippen LogP contribution in [0.2, 0.25) is 0 Å². The van der Waals surface area contributed by atoms with Crippen LogP contribution in [0, 0.1) is 17.1 Å². The minimum absolute atomic E-state index is 0.309. The van der Waals surface area contributed by atoms with Crippen molar-refractivity contribution in [3.8, 4) is 11.8 Å². The number of hydrogen-bond acceptors (Lipinski definition) is 3. The van der Waals surface area contributed by atoms with E-state index >= 15 is 0 Å². The van der Waals surface area contributed by atoms with Crippen LogP contribution >= 0.6 is 15.9 Å². The molecule has 0 aliphatic carbocycles. The Morgan fingerprint density at radius 3 is 2.61 bits per heavy atom. The van der Waals surface area contributed by atoms with E-state index in [9.17, 15) is 14.4 Å². The normalized spacial score (nSPS) is 10.9. The topological polar surface area (TPSA) is 70.3 Å². The van der Waals surface area contributed by atoms with E-state index in [1.54, 1.807) is 24.3 Å². The number of nitrogens with zero attached hydrogens (tertiary/aromatic N) is 1. The molecular formula is C17H11BrFNO3. The second-order valence-corrected chi connectivity index (χ2v) is 5.46. The highest BCUT2D eigenvalue weighted by molar-refractivity contribution is 9.10. The number of nitriles is 1. The molecule has 0 bridgehead atoms. The van der Waals surface area contributed by atoms with E-state index in [-0.39, 0.29) is 5.82 Å². The Morgan fingerprint density at radius 1 is 1.30 bits per heavy atom. The zero-order valence-electron chi connectivity index (χ0n) is 11.8. The van der Waals surface area contributed by atoms with Crippen LogP contribution in [0.4, 0.5) is 4.39 Å². The smallest absolute Gasteiger partial charge is 0.341 e. The molecule has 0 saturated heterocycles. The number of aliphatic carboxylic acids is 1. The van der Waals surface area contributed by atoms with Crippen LogP contribution in [-0.2, 0) is 4.79 Å². The highest BCUT2D eigenvalue weighted by Gasteiger charge is 2.08. The molecule has 0 heterocycles. The van der Waals surface area contributed by atoms with Gasteiger partial charge in [-0.3, -0.25) is 0 Å². The second-order valence-electron chi connectivity index (χ2n) is 4.54. The first-order valence-electron chi connectivity index (χ1n) is 6.51. The van der Waals surface area contributed by atoms with Crippen molar-refractivity contribution >= 4 is 33.5 Å². The van der Waals surface area contributed by atoms with Gasteiger partial charge >= 0.3 is 5.97 Å². The molecule has 4 nitrogen and oxygen atoms in total. The third-order valence-corrected chi connectivity index (χ3v) is 3.39. The lowest BCUT2D eigenvalue weighted by Crippen LogP contribution is -2.10. The average molecular weight is 376 g/mol. The van der Waals surface area contributed by atoms with Crippen LogP contribution in [0.25, 0.3) is 11.6 Å². The number of benzene rings is 2. The maximum Gasteiger partial charge on any atom is 0.341 e. The first kappa shape index (κ1) is 16.7. The van der Waals surface area contributed by atoms with Crippen LogP contribution in [-0.4, -0.2) is 17.7 Å². The number of carbonyl (C=O) groups is 1. The summed E-state index contributed by atoms with van der Waals surface area (Å²) in [5, 5.41) is 18.0. The van der Waals surface area contributed by atoms with Crippen LogP contribution in [0.3, 0.4) is 0 Å². The third kappa shape index (κ3) is 4.66. The van der Waals surface area contributed by atoms with Crippen LogP contribution < -0.4 is 4.74 Å². The van der Waals surface area contributed by atoms with Gasteiger partial charge in [0.2, 0.25) is 0 Å². The predicted molar refractivity (Wildman–Crippen MR) is 87.2 cm³/mol. The Balaban J connectivity index is 2.42. The van der Waals surface area contributed by atoms with Crippen molar-refractivity contribution in [1.29, 1.82) is 5.26 Å². The van der Waals surface area contributed by atoms with Gasteiger partial charge in [0.25, 0.3) is 0 Å². The molecule has 2 rings (SSSR count). The Morgan fingerprint density at radius 2 is 2.00 bits per heavy atom. The Bertz CT molecular complexity index is 794. The fraction of sp³-hybridized carbons (Fsp3) is 0.0588. The summed E-state index contributed by atoms with van der Waals surface area (Å²) >= 11 is 3.32. The molecule has 2 aromatic rings. The minimum Gasteiger partial charge on any atom is -0.481 e. The summed E-state index contributed by atoms with van der Waals surface area (Å²) in [6.07, 6.45) is 1.56. The van der Waals surface area contributed by atoms with E-state index in [1.165, 1.54) is 24.3 Å². The molecule has 0 atom stereocenters. The second kappa shape index (κ2) is 7.56. The zero-order chi connectivity index (χ0) is 16.8. The van der Waals surface area contributed by atoms with Gasteiger partial charge in [0.05, 0.1) is 11.6 Å². The van der Waals surface area contributed by atoms with Crippen LogP contribution in [0.5, 0.6) is 5.75 Å². The molecule has 116 valence electrons. The Labute approximate surface area is 140 Å². The molecule has 0 amide bonds. The maximum atomic E-state index is 13.0. The Hall–Kier alpha value is -2.65. The molecule has 0 fully saturated rings. The number of hydrogen-bond donors (Lipinski definition) is 1. The largest absolute Gasteiger partial charge is 0.481 e. The first-order valence-corrected chi connectivity index (χ1v) is 7.31. The van der Waals surface area contributed by atoms with E-state index in [0.717, 1.165) is 4.47 Å². The number of carboxylic acids is 1. The summed E-state index contributed by atoms with van der Waals surface area (Å²) in [7, 11) is 0. The highest BCUT2D eigenvalue weighted by Crippen LogP contribution is 2.28. The molecule has 0 aliphatic rings. The van der Waals surface area contributed by atoms with Crippen LogP contribution in [0.1, 0.15) is 11.1 Å². The number of ether oxygens (including phenoxy) is 1. The molecule has 0 spiro atoms. The number of rotatable bonds is 5. The summed E-state index contributed by atoms with van der Waals surface area (Å²) < 4.78 is 19.0. The quantitative estimate of drug-likeness (QED) is 0.630. The van der Waals surface area contributed by atoms with Gasteiger partial charge in [-0.15, -0.1) is 0 Å². The van der Waals surface area contributed by atoms with Crippen molar-refractivity contribution in [1.82, 2.24) is 0 Å². The molecule has 0 aliphatic heterocycles. The standard InChI is InChI=1S/C17H11BrFNO3/c18-14-3-6-16(23-10-17(21)22)12(8-14)7-13(9-20)11-1-4-15(19)5-2-11/h1-8H,10H2,(H,21,22)/b13-7+. The summed E-state index contributed by atoms with van der Waals surface area (Å²) in [6.45, 7) is -0.485. The first-order chi connectivity index (χ1) is 11.0. The molecule has 1 N–H and O–H groups in total. The van der Waals surface area contributed by atoms with Crippen molar-refractivity contribution < 1.29 is 19.0 Å². The van der Waals surface area contributed by atoms with E-state index in [1.807, 2.05) is 6.07 Å². The molecule has 23 heavy (non-hydrogen) atoms. The summed E-state index contributed by atoms with van der Waals surface area (Å²) in [4.78, 5) is 10.6. The molecule has 0 unspecified atom stereocenters. The van der Waals surface area contributed by atoms with E-state index < -0.39 is 12.6 Å². The SMILES string of the molecule is N#C/C(=C\c1cc(Br)ccc1OCC(=O)O)c1ccc(F)cc1. The lowest BCUT2D eigenvalue weighted by Gasteiger charge is -2.08. The van der Waals surface area contributed by atoms with Gasteiger partial charge in [-0.25, -0.2) is 9.18 Å². The molecule has 0 aromatic heterocycles. The van der Waals surface area contributed by atoms with Gasteiger partial charge in [0.1, 0.15) is 11.6 Å². The highest BCUT2D eigenvalue weighted by atomic mass is 79.9. The van der Waals surface area contributed by atoms with Crippen molar-refractivity contribution in [3.63, 3.8) is 0 Å². The summed E-state index contributed by atoms with van der Waals surface area (Å²) in [5.41, 5.74) is 1.41.